The molecule has 36 heavy (non-hydrogen) atoms. The van der Waals surface area contributed by atoms with Crippen LogP contribution in [0.1, 0.15) is 113 Å². The van der Waals surface area contributed by atoms with Gasteiger partial charge in [0.25, 0.3) is 0 Å². The van der Waals surface area contributed by atoms with E-state index in [1.807, 2.05) is 0 Å². The molecule has 0 aromatic rings. The number of allylic oxidation sites excluding steroid dienone is 1. The Morgan fingerprint density at radius 2 is 1.64 bits per heavy atom. The van der Waals surface area contributed by atoms with Gasteiger partial charge in [-0.3, -0.25) is 9.59 Å². The Morgan fingerprint density at radius 1 is 0.917 bits per heavy atom. The number of carbonyl (C=O) groups excluding carboxylic acids is 2. The smallest absolute Gasteiger partial charge is 0.302 e. The van der Waals surface area contributed by atoms with Gasteiger partial charge in [0.1, 0.15) is 0 Å². The molecule has 0 bridgehead atoms. The number of carbonyl (C=O) groups is 2. The van der Waals surface area contributed by atoms with Crippen molar-refractivity contribution in [1.29, 1.82) is 0 Å². The van der Waals surface area contributed by atoms with Gasteiger partial charge < -0.3 is 10.1 Å². The first-order chi connectivity index (χ1) is 16.7. The van der Waals surface area contributed by atoms with Gasteiger partial charge in [0.15, 0.2) is 0 Å². The highest BCUT2D eigenvalue weighted by Gasteiger charge is 2.70. The molecule has 5 fully saturated rings. The summed E-state index contributed by atoms with van der Waals surface area (Å²) < 4.78 is 5.78. The van der Waals surface area contributed by atoms with E-state index in [9.17, 15) is 9.59 Å². The average Bonchev–Trinajstić information content (AvgIpc) is 3.13. The maximum absolute atomic E-state index is 12.7. The van der Waals surface area contributed by atoms with Crippen LogP contribution in [0.5, 0.6) is 0 Å². The SMILES string of the molecule is C=C(C)[C@@H]1CC[C@]2(COC(C)=O)CC[C@]3(C)[C@H](CC[C@@H]4[C@@]5(C)CCC(=O)NC(C)(C)[C@@H]5CC[C@]43C)[C@@H]12. The molecule has 5 rings (SSSR count). The molecular weight excluding hydrogens is 446 g/mol. The van der Waals surface area contributed by atoms with Crippen LogP contribution in [0.4, 0.5) is 0 Å². The van der Waals surface area contributed by atoms with Gasteiger partial charge in [0, 0.05) is 24.3 Å². The zero-order valence-electron chi connectivity index (χ0n) is 24.1. The Kier molecular flexibility index (Phi) is 6.09. The second kappa shape index (κ2) is 8.34. The van der Waals surface area contributed by atoms with Gasteiger partial charge in [-0.1, -0.05) is 32.9 Å². The van der Waals surface area contributed by atoms with Crippen LogP contribution in [-0.2, 0) is 14.3 Å². The van der Waals surface area contributed by atoms with Gasteiger partial charge in [-0.05, 0) is 124 Å². The van der Waals surface area contributed by atoms with Crippen LogP contribution in [0.2, 0.25) is 0 Å². The number of nitrogens with one attached hydrogen (secondary N) is 1. The van der Waals surface area contributed by atoms with E-state index in [1.54, 1.807) is 6.92 Å². The molecule has 202 valence electrons. The van der Waals surface area contributed by atoms with E-state index in [4.69, 9.17) is 4.74 Å². The van der Waals surface area contributed by atoms with Crippen molar-refractivity contribution in [2.45, 2.75) is 118 Å². The van der Waals surface area contributed by atoms with Crippen molar-refractivity contribution < 1.29 is 14.3 Å². The minimum Gasteiger partial charge on any atom is -0.465 e. The van der Waals surface area contributed by atoms with Crippen molar-refractivity contribution >= 4 is 11.9 Å². The van der Waals surface area contributed by atoms with Crippen LogP contribution in [0.25, 0.3) is 0 Å². The van der Waals surface area contributed by atoms with Gasteiger partial charge in [0.2, 0.25) is 5.91 Å². The van der Waals surface area contributed by atoms with Crippen molar-refractivity contribution in [1.82, 2.24) is 5.32 Å². The largest absolute Gasteiger partial charge is 0.465 e. The number of esters is 1. The molecule has 1 heterocycles. The maximum atomic E-state index is 12.7. The Balaban J connectivity index is 1.54. The van der Waals surface area contributed by atoms with Gasteiger partial charge in [-0.2, -0.15) is 0 Å². The first-order valence-corrected chi connectivity index (χ1v) is 14.8. The lowest BCUT2D eigenvalue weighted by Gasteiger charge is -2.71. The van der Waals surface area contributed by atoms with Gasteiger partial charge in [-0.15, -0.1) is 0 Å². The predicted octanol–water partition coefficient (Wildman–Crippen LogP) is 7.08. The summed E-state index contributed by atoms with van der Waals surface area (Å²) in [6.45, 7) is 21.2. The second-order valence-corrected chi connectivity index (χ2v) is 15.1. The lowest BCUT2D eigenvalue weighted by Crippen LogP contribution is -2.66. The Morgan fingerprint density at radius 3 is 2.31 bits per heavy atom. The topological polar surface area (TPSA) is 55.4 Å². The number of amides is 1. The zero-order chi connectivity index (χ0) is 26.3. The van der Waals surface area contributed by atoms with Crippen LogP contribution >= 0.6 is 0 Å². The molecule has 4 saturated carbocycles. The van der Waals surface area contributed by atoms with Gasteiger partial charge in [0.05, 0.1) is 6.61 Å². The van der Waals surface area contributed by atoms with Crippen LogP contribution in [0.15, 0.2) is 12.2 Å². The van der Waals surface area contributed by atoms with Gasteiger partial charge >= 0.3 is 5.97 Å². The standard InChI is InChI=1S/C32H51NO3/c1-20(2)22-11-16-32(19-36-21(3)34)18-17-30(7)23(27(22)32)9-10-25-29(6)14-13-26(35)33-28(4,5)24(29)12-15-31(25,30)8/h22-25,27H,1,9-19H2,2-8H3,(H,33,35)/t22-,23+,24-,25+,27+,29-,30+,31+,32+/m0/s1. The van der Waals surface area contributed by atoms with Crippen LogP contribution < -0.4 is 5.32 Å². The molecule has 1 N–H and O–H groups in total. The normalized spacial score (nSPS) is 49.4. The molecule has 0 spiro atoms. The monoisotopic (exact) mass is 497 g/mol. The van der Waals surface area contributed by atoms with E-state index < -0.39 is 0 Å². The maximum Gasteiger partial charge on any atom is 0.302 e. The fourth-order valence-electron chi connectivity index (χ4n) is 11.6. The van der Waals surface area contributed by atoms with Crippen molar-refractivity contribution in [3.05, 3.63) is 12.2 Å². The summed E-state index contributed by atoms with van der Waals surface area (Å²) in [4.78, 5) is 24.6. The summed E-state index contributed by atoms with van der Waals surface area (Å²) in [5, 5.41) is 3.40. The third-order valence-corrected chi connectivity index (χ3v) is 13.3. The zero-order valence-corrected chi connectivity index (χ0v) is 24.1. The minimum absolute atomic E-state index is 0.115. The highest BCUT2D eigenvalue weighted by Crippen LogP contribution is 2.76. The highest BCUT2D eigenvalue weighted by atomic mass is 16.5. The Bertz CT molecular complexity index is 955. The Labute approximate surface area is 219 Å². The third kappa shape index (κ3) is 3.51. The Hall–Kier alpha value is -1.32. The summed E-state index contributed by atoms with van der Waals surface area (Å²) in [5.74, 6) is 3.00. The summed E-state index contributed by atoms with van der Waals surface area (Å²) in [6, 6.07) is 0. The van der Waals surface area contributed by atoms with E-state index in [2.05, 4.69) is 53.4 Å². The predicted molar refractivity (Wildman–Crippen MR) is 144 cm³/mol. The molecule has 1 saturated heterocycles. The fraction of sp³-hybridized carbons (Fsp3) is 0.875. The van der Waals surface area contributed by atoms with E-state index in [1.165, 1.54) is 44.1 Å². The third-order valence-electron chi connectivity index (χ3n) is 13.3. The lowest BCUT2D eigenvalue weighted by atomic mass is 9.33. The van der Waals surface area contributed by atoms with Crippen LogP contribution in [-0.4, -0.2) is 24.0 Å². The highest BCUT2D eigenvalue weighted by molar-refractivity contribution is 5.77. The quantitative estimate of drug-likeness (QED) is 0.335. The summed E-state index contributed by atoms with van der Waals surface area (Å²) in [7, 11) is 0. The molecule has 4 aliphatic carbocycles. The van der Waals surface area contributed by atoms with E-state index >= 15 is 0 Å². The first-order valence-electron chi connectivity index (χ1n) is 14.8. The lowest BCUT2D eigenvalue weighted by molar-refractivity contribution is -0.227. The van der Waals surface area contributed by atoms with Crippen molar-refractivity contribution in [3.8, 4) is 0 Å². The molecule has 0 aromatic carbocycles. The summed E-state index contributed by atoms with van der Waals surface area (Å²) >= 11 is 0. The molecule has 5 aliphatic rings. The van der Waals surface area contributed by atoms with Crippen molar-refractivity contribution in [2.24, 2.45) is 51.2 Å². The molecule has 0 radical (unpaired) electrons. The molecular formula is C32H51NO3. The van der Waals surface area contributed by atoms with Crippen molar-refractivity contribution in [2.75, 3.05) is 6.61 Å². The first kappa shape index (κ1) is 26.3. The molecule has 1 amide bonds. The molecule has 1 aliphatic heterocycles. The number of rotatable bonds is 3. The summed E-state index contributed by atoms with van der Waals surface area (Å²) in [5.41, 5.74) is 2.00. The molecule has 4 nitrogen and oxygen atoms in total. The molecule has 9 atom stereocenters. The number of hydrogen-bond acceptors (Lipinski definition) is 3. The van der Waals surface area contributed by atoms with E-state index in [0.717, 1.165) is 19.3 Å². The van der Waals surface area contributed by atoms with Crippen molar-refractivity contribution in [3.63, 3.8) is 0 Å². The van der Waals surface area contributed by atoms with Gasteiger partial charge in [-0.25, -0.2) is 0 Å². The van der Waals surface area contributed by atoms with E-state index in [-0.39, 0.29) is 39.1 Å². The van der Waals surface area contributed by atoms with Crippen LogP contribution in [0.3, 0.4) is 0 Å². The summed E-state index contributed by atoms with van der Waals surface area (Å²) in [6.07, 6.45) is 11.4. The second-order valence-electron chi connectivity index (χ2n) is 15.1. The number of ether oxygens (including phenoxy) is 1. The fourth-order valence-corrected chi connectivity index (χ4v) is 11.6. The molecule has 4 heteroatoms. The van der Waals surface area contributed by atoms with Crippen LogP contribution in [0, 0.1) is 51.2 Å². The molecule has 0 aromatic heterocycles. The number of fused-ring (bicyclic) bond motifs is 7. The minimum atomic E-state index is -0.149. The number of hydrogen-bond donors (Lipinski definition) is 1. The average molecular weight is 498 g/mol. The molecule has 0 unspecified atom stereocenters. The van der Waals surface area contributed by atoms with E-state index in [0.29, 0.717) is 42.6 Å².